The van der Waals surface area contributed by atoms with E-state index in [4.69, 9.17) is 4.74 Å². The molecule has 1 unspecified atom stereocenters. The van der Waals surface area contributed by atoms with E-state index in [0.717, 1.165) is 41.8 Å². The number of Topliss-reactive ketones (excluding diaryl/α,β-unsaturated/α-hetero) is 1. The molecule has 1 aliphatic heterocycles. The van der Waals surface area contributed by atoms with Crippen molar-refractivity contribution in [3.63, 3.8) is 0 Å². The van der Waals surface area contributed by atoms with Crippen LogP contribution in [0.3, 0.4) is 0 Å². The SMILES string of the molecule is COc1c(C)cc(C(=O)C2CCCCN2)cc1C. The Balaban J connectivity index is 2.25. The van der Waals surface area contributed by atoms with Gasteiger partial charge >= 0.3 is 0 Å². The molecule has 0 spiro atoms. The minimum atomic E-state index is -0.00838. The summed E-state index contributed by atoms with van der Waals surface area (Å²) in [5.41, 5.74) is 2.85. The quantitative estimate of drug-likeness (QED) is 0.834. The third-order valence-electron chi connectivity index (χ3n) is 3.58. The van der Waals surface area contributed by atoms with Gasteiger partial charge in [-0.3, -0.25) is 4.79 Å². The maximum absolute atomic E-state index is 12.4. The first-order chi connectivity index (χ1) is 8.63. The molecule has 3 heteroatoms. The van der Waals surface area contributed by atoms with Crippen molar-refractivity contribution in [2.45, 2.75) is 39.2 Å². The lowest BCUT2D eigenvalue weighted by Gasteiger charge is -2.22. The highest BCUT2D eigenvalue weighted by molar-refractivity contribution is 6.00. The van der Waals surface area contributed by atoms with Crippen LogP contribution in [0.4, 0.5) is 0 Å². The molecule has 2 rings (SSSR count). The summed E-state index contributed by atoms with van der Waals surface area (Å²) < 4.78 is 5.33. The van der Waals surface area contributed by atoms with Gasteiger partial charge in [-0.2, -0.15) is 0 Å². The highest BCUT2D eigenvalue weighted by atomic mass is 16.5. The van der Waals surface area contributed by atoms with E-state index < -0.39 is 0 Å². The molecule has 0 saturated carbocycles. The summed E-state index contributed by atoms with van der Waals surface area (Å²) in [5, 5.41) is 3.30. The van der Waals surface area contributed by atoms with Crippen molar-refractivity contribution in [3.05, 3.63) is 28.8 Å². The lowest BCUT2D eigenvalue weighted by Crippen LogP contribution is -2.40. The average molecular weight is 247 g/mol. The summed E-state index contributed by atoms with van der Waals surface area (Å²) >= 11 is 0. The molecule has 1 fully saturated rings. The Morgan fingerprint density at radius 3 is 2.44 bits per heavy atom. The van der Waals surface area contributed by atoms with E-state index in [1.807, 2.05) is 26.0 Å². The summed E-state index contributed by atoms with van der Waals surface area (Å²) in [6, 6.07) is 3.86. The van der Waals surface area contributed by atoms with Gasteiger partial charge in [0.25, 0.3) is 0 Å². The first-order valence-corrected chi connectivity index (χ1v) is 6.56. The van der Waals surface area contributed by atoms with Gasteiger partial charge in [0.1, 0.15) is 5.75 Å². The van der Waals surface area contributed by atoms with Crippen LogP contribution in [0.1, 0.15) is 40.7 Å². The topological polar surface area (TPSA) is 38.3 Å². The molecule has 0 aromatic heterocycles. The molecule has 1 aromatic carbocycles. The number of methoxy groups -OCH3 is 1. The second-order valence-electron chi connectivity index (χ2n) is 5.01. The van der Waals surface area contributed by atoms with Gasteiger partial charge in [-0.15, -0.1) is 0 Å². The van der Waals surface area contributed by atoms with E-state index in [1.54, 1.807) is 7.11 Å². The summed E-state index contributed by atoms with van der Waals surface area (Å²) in [5.74, 6) is 1.09. The van der Waals surface area contributed by atoms with Gasteiger partial charge in [0.2, 0.25) is 0 Å². The van der Waals surface area contributed by atoms with E-state index in [1.165, 1.54) is 6.42 Å². The van der Waals surface area contributed by atoms with Crippen molar-refractivity contribution >= 4 is 5.78 Å². The Kier molecular flexibility index (Phi) is 4.02. The Labute approximate surface area is 109 Å². The summed E-state index contributed by atoms with van der Waals surface area (Å²) in [4.78, 5) is 12.4. The van der Waals surface area contributed by atoms with Crippen molar-refractivity contribution in [3.8, 4) is 5.75 Å². The van der Waals surface area contributed by atoms with E-state index >= 15 is 0 Å². The van der Waals surface area contributed by atoms with Gasteiger partial charge in [-0.1, -0.05) is 6.42 Å². The van der Waals surface area contributed by atoms with E-state index in [2.05, 4.69) is 5.32 Å². The van der Waals surface area contributed by atoms with E-state index in [0.29, 0.717) is 0 Å². The molecule has 1 aliphatic rings. The molecular formula is C15H21NO2. The average Bonchev–Trinajstić information content (AvgIpc) is 2.38. The molecular weight excluding hydrogens is 226 g/mol. The molecule has 98 valence electrons. The highest BCUT2D eigenvalue weighted by Gasteiger charge is 2.22. The van der Waals surface area contributed by atoms with Crippen LogP contribution in [-0.2, 0) is 0 Å². The molecule has 1 aromatic rings. The highest BCUT2D eigenvalue weighted by Crippen LogP contribution is 2.25. The molecule has 0 radical (unpaired) electrons. The Hall–Kier alpha value is -1.35. The maximum Gasteiger partial charge on any atom is 0.179 e. The Morgan fingerprint density at radius 1 is 1.28 bits per heavy atom. The lowest BCUT2D eigenvalue weighted by molar-refractivity contribution is 0.0927. The number of hydrogen-bond donors (Lipinski definition) is 1. The molecule has 18 heavy (non-hydrogen) atoms. The second kappa shape index (κ2) is 5.53. The molecule has 1 N–H and O–H groups in total. The predicted octanol–water partition coefficient (Wildman–Crippen LogP) is 2.64. The standard InChI is InChI=1S/C15H21NO2/c1-10-8-12(9-11(2)15(10)18-3)14(17)13-6-4-5-7-16-13/h8-9,13,16H,4-7H2,1-3H3. The van der Waals surface area contributed by atoms with Crippen LogP contribution >= 0.6 is 0 Å². The minimum Gasteiger partial charge on any atom is -0.496 e. The second-order valence-corrected chi connectivity index (χ2v) is 5.01. The minimum absolute atomic E-state index is 0.00838. The first kappa shape index (κ1) is 13.1. The number of ketones is 1. The monoisotopic (exact) mass is 247 g/mol. The normalized spacial score (nSPS) is 19.6. The van der Waals surface area contributed by atoms with Crippen molar-refractivity contribution in [2.24, 2.45) is 0 Å². The van der Waals surface area contributed by atoms with E-state index in [9.17, 15) is 4.79 Å². The van der Waals surface area contributed by atoms with Gasteiger partial charge in [-0.05, 0) is 56.5 Å². The van der Waals surface area contributed by atoms with Crippen molar-refractivity contribution in [2.75, 3.05) is 13.7 Å². The van der Waals surface area contributed by atoms with Crippen LogP contribution in [0.15, 0.2) is 12.1 Å². The lowest BCUT2D eigenvalue weighted by atomic mass is 9.94. The van der Waals surface area contributed by atoms with Crippen LogP contribution in [0.2, 0.25) is 0 Å². The maximum atomic E-state index is 12.4. The smallest absolute Gasteiger partial charge is 0.179 e. The Morgan fingerprint density at radius 2 is 1.94 bits per heavy atom. The third kappa shape index (κ3) is 2.56. The van der Waals surface area contributed by atoms with Crippen LogP contribution in [0.25, 0.3) is 0 Å². The zero-order valence-electron chi connectivity index (χ0n) is 11.4. The van der Waals surface area contributed by atoms with Crippen LogP contribution in [0.5, 0.6) is 5.75 Å². The molecule has 3 nitrogen and oxygen atoms in total. The number of ether oxygens (including phenoxy) is 1. The fourth-order valence-electron chi connectivity index (χ4n) is 2.69. The van der Waals surface area contributed by atoms with Crippen LogP contribution in [0, 0.1) is 13.8 Å². The number of carbonyl (C=O) groups is 1. The van der Waals surface area contributed by atoms with Gasteiger partial charge in [0, 0.05) is 5.56 Å². The number of nitrogens with one attached hydrogen (secondary N) is 1. The van der Waals surface area contributed by atoms with Gasteiger partial charge in [0.15, 0.2) is 5.78 Å². The van der Waals surface area contributed by atoms with Crippen molar-refractivity contribution in [1.82, 2.24) is 5.32 Å². The van der Waals surface area contributed by atoms with E-state index in [-0.39, 0.29) is 11.8 Å². The summed E-state index contributed by atoms with van der Waals surface area (Å²) in [6.07, 6.45) is 3.25. The fraction of sp³-hybridized carbons (Fsp3) is 0.533. The largest absolute Gasteiger partial charge is 0.496 e. The number of benzene rings is 1. The summed E-state index contributed by atoms with van der Waals surface area (Å²) in [7, 11) is 1.67. The molecule has 1 atom stereocenters. The predicted molar refractivity (Wildman–Crippen MR) is 72.4 cm³/mol. The molecule has 1 saturated heterocycles. The number of hydrogen-bond acceptors (Lipinski definition) is 3. The van der Waals surface area contributed by atoms with Crippen LogP contribution < -0.4 is 10.1 Å². The zero-order valence-corrected chi connectivity index (χ0v) is 11.4. The van der Waals surface area contributed by atoms with Crippen molar-refractivity contribution < 1.29 is 9.53 Å². The van der Waals surface area contributed by atoms with Gasteiger partial charge in [0.05, 0.1) is 13.2 Å². The number of carbonyl (C=O) groups excluding carboxylic acids is 1. The van der Waals surface area contributed by atoms with Crippen molar-refractivity contribution in [1.29, 1.82) is 0 Å². The van der Waals surface area contributed by atoms with Crippen LogP contribution in [-0.4, -0.2) is 25.5 Å². The van der Waals surface area contributed by atoms with Gasteiger partial charge in [-0.25, -0.2) is 0 Å². The number of aryl methyl sites for hydroxylation is 2. The summed E-state index contributed by atoms with van der Waals surface area (Å²) in [6.45, 7) is 4.92. The molecule has 0 amide bonds. The third-order valence-corrected chi connectivity index (χ3v) is 3.58. The first-order valence-electron chi connectivity index (χ1n) is 6.56. The molecule has 0 aliphatic carbocycles. The fourth-order valence-corrected chi connectivity index (χ4v) is 2.69. The number of rotatable bonds is 3. The zero-order chi connectivity index (χ0) is 13.1. The number of piperidine rings is 1. The molecule has 1 heterocycles. The van der Waals surface area contributed by atoms with Gasteiger partial charge < -0.3 is 10.1 Å². The molecule has 0 bridgehead atoms. The Bertz CT molecular complexity index is 425.